The highest BCUT2D eigenvalue weighted by Gasteiger charge is 2.15. The van der Waals surface area contributed by atoms with E-state index < -0.39 is 0 Å². The van der Waals surface area contributed by atoms with Gasteiger partial charge in [-0.2, -0.15) is 0 Å². The molecular weight excluding hydrogens is 316 g/mol. The van der Waals surface area contributed by atoms with Gasteiger partial charge < -0.3 is 15.0 Å². The number of rotatable bonds is 7. The van der Waals surface area contributed by atoms with E-state index in [1.165, 1.54) is 0 Å². The van der Waals surface area contributed by atoms with Crippen LogP contribution < -0.4 is 15.0 Å². The second kappa shape index (κ2) is 8.46. The van der Waals surface area contributed by atoms with Crippen LogP contribution in [0.25, 0.3) is 0 Å². The second-order valence-electron chi connectivity index (χ2n) is 6.13. The van der Waals surface area contributed by atoms with Crippen LogP contribution in [0.4, 0.5) is 11.6 Å². The lowest BCUT2D eigenvalue weighted by Crippen LogP contribution is -2.23. The minimum absolute atomic E-state index is 0.278. The minimum Gasteiger partial charge on any atom is -0.495 e. The Morgan fingerprint density at radius 3 is 2.68 bits per heavy atom. The average molecular weight is 342 g/mol. The molecule has 2 rings (SSSR count). The second-order valence-corrected chi connectivity index (χ2v) is 6.13. The van der Waals surface area contributed by atoms with E-state index in [-0.39, 0.29) is 5.91 Å². The van der Waals surface area contributed by atoms with Crippen LogP contribution in [-0.4, -0.2) is 36.6 Å². The first kappa shape index (κ1) is 18.7. The van der Waals surface area contributed by atoms with E-state index >= 15 is 0 Å². The number of aryl methyl sites for hydroxylation is 2. The van der Waals surface area contributed by atoms with Gasteiger partial charge in [0.2, 0.25) is 5.95 Å². The molecule has 0 aliphatic carbocycles. The number of anilines is 2. The number of hydrogen-bond donors (Lipinski definition) is 1. The Morgan fingerprint density at radius 2 is 2.00 bits per heavy atom. The molecule has 0 saturated heterocycles. The van der Waals surface area contributed by atoms with Gasteiger partial charge in [0.15, 0.2) is 0 Å². The van der Waals surface area contributed by atoms with Gasteiger partial charge in [-0.1, -0.05) is 19.4 Å². The van der Waals surface area contributed by atoms with Crippen molar-refractivity contribution < 1.29 is 9.53 Å². The molecule has 0 aliphatic heterocycles. The van der Waals surface area contributed by atoms with Crippen molar-refractivity contribution in [3.63, 3.8) is 0 Å². The Balaban J connectivity index is 2.25. The topological polar surface area (TPSA) is 67.4 Å². The van der Waals surface area contributed by atoms with Crippen molar-refractivity contribution in [2.75, 3.05) is 30.9 Å². The zero-order valence-corrected chi connectivity index (χ0v) is 15.6. The summed E-state index contributed by atoms with van der Waals surface area (Å²) in [5.74, 6) is 0.902. The predicted molar refractivity (Wildman–Crippen MR) is 101 cm³/mol. The fourth-order valence-electron chi connectivity index (χ4n) is 2.44. The molecule has 1 aromatic heterocycles. The van der Waals surface area contributed by atoms with Crippen molar-refractivity contribution in [2.24, 2.45) is 0 Å². The van der Waals surface area contributed by atoms with Gasteiger partial charge in [0.05, 0.1) is 12.8 Å². The van der Waals surface area contributed by atoms with Gasteiger partial charge in [-0.05, 0) is 44.0 Å². The van der Waals surface area contributed by atoms with Gasteiger partial charge in [-0.3, -0.25) is 4.79 Å². The van der Waals surface area contributed by atoms with E-state index in [1.54, 1.807) is 13.2 Å². The Morgan fingerprint density at radius 1 is 1.24 bits per heavy atom. The van der Waals surface area contributed by atoms with Gasteiger partial charge in [0, 0.05) is 19.3 Å². The molecule has 0 radical (unpaired) electrons. The summed E-state index contributed by atoms with van der Waals surface area (Å²) in [5, 5.41) is 2.88. The molecule has 6 heteroatoms. The van der Waals surface area contributed by atoms with E-state index in [0.717, 1.165) is 30.6 Å². The van der Waals surface area contributed by atoms with E-state index in [0.29, 0.717) is 23.1 Å². The molecule has 2 aromatic rings. The molecule has 6 nitrogen and oxygen atoms in total. The maximum atomic E-state index is 12.7. The molecule has 0 fully saturated rings. The van der Waals surface area contributed by atoms with Gasteiger partial charge in [-0.25, -0.2) is 9.97 Å². The quantitative estimate of drug-likeness (QED) is 0.833. The van der Waals surface area contributed by atoms with E-state index in [2.05, 4.69) is 22.2 Å². The van der Waals surface area contributed by atoms with Crippen LogP contribution in [0.15, 0.2) is 24.3 Å². The number of carbonyl (C=O) groups is 1. The first-order valence-electron chi connectivity index (χ1n) is 8.47. The van der Waals surface area contributed by atoms with Crippen molar-refractivity contribution >= 4 is 17.5 Å². The number of amides is 1. The highest BCUT2D eigenvalue weighted by molar-refractivity contribution is 6.04. The Hall–Kier alpha value is -2.63. The van der Waals surface area contributed by atoms with Crippen LogP contribution in [0.2, 0.25) is 0 Å². The Labute approximate surface area is 149 Å². The summed E-state index contributed by atoms with van der Waals surface area (Å²) in [7, 11) is 3.52. The third-order valence-electron chi connectivity index (χ3n) is 3.87. The Bertz CT molecular complexity index is 746. The molecule has 0 spiro atoms. The summed E-state index contributed by atoms with van der Waals surface area (Å²) in [5.41, 5.74) is 2.77. The summed E-state index contributed by atoms with van der Waals surface area (Å²) in [6, 6.07) is 7.33. The first-order chi connectivity index (χ1) is 11.9. The van der Waals surface area contributed by atoms with Crippen molar-refractivity contribution in [3.05, 3.63) is 41.2 Å². The molecule has 0 aliphatic rings. The van der Waals surface area contributed by atoms with Crippen LogP contribution >= 0.6 is 0 Å². The lowest BCUT2D eigenvalue weighted by Gasteiger charge is -2.18. The van der Waals surface area contributed by atoms with Crippen LogP contribution in [0.3, 0.4) is 0 Å². The van der Waals surface area contributed by atoms with Gasteiger partial charge in [-0.15, -0.1) is 0 Å². The zero-order valence-electron chi connectivity index (χ0n) is 15.6. The van der Waals surface area contributed by atoms with Gasteiger partial charge in [0.1, 0.15) is 11.4 Å². The molecule has 1 amide bonds. The average Bonchev–Trinajstić information content (AvgIpc) is 2.59. The van der Waals surface area contributed by atoms with Crippen LogP contribution in [0, 0.1) is 13.8 Å². The molecule has 0 saturated carbocycles. The first-order valence-corrected chi connectivity index (χ1v) is 8.47. The Kier molecular flexibility index (Phi) is 6.33. The monoisotopic (exact) mass is 342 g/mol. The lowest BCUT2D eigenvalue weighted by atomic mass is 10.2. The molecule has 134 valence electrons. The van der Waals surface area contributed by atoms with E-state index in [4.69, 9.17) is 4.74 Å². The van der Waals surface area contributed by atoms with Crippen molar-refractivity contribution in [1.82, 2.24) is 9.97 Å². The number of carbonyl (C=O) groups excluding carboxylic acids is 1. The molecule has 1 N–H and O–H groups in total. The predicted octanol–water partition coefficient (Wildman–Crippen LogP) is 3.59. The molecule has 1 aromatic carbocycles. The summed E-state index contributed by atoms with van der Waals surface area (Å²) < 4.78 is 5.31. The smallest absolute Gasteiger partial charge is 0.274 e. The number of nitrogens with zero attached hydrogens (tertiary/aromatic N) is 3. The summed E-state index contributed by atoms with van der Waals surface area (Å²) in [4.78, 5) is 23.5. The number of benzene rings is 1. The number of aromatic nitrogens is 2. The van der Waals surface area contributed by atoms with Crippen molar-refractivity contribution in [3.8, 4) is 5.75 Å². The zero-order chi connectivity index (χ0) is 18.4. The number of methoxy groups -OCH3 is 1. The third-order valence-corrected chi connectivity index (χ3v) is 3.87. The van der Waals surface area contributed by atoms with Crippen LogP contribution in [0.5, 0.6) is 5.75 Å². The van der Waals surface area contributed by atoms with Gasteiger partial charge >= 0.3 is 0 Å². The number of hydrogen-bond acceptors (Lipinski definition) is 5. The third kappa shape index (κ3) is 4.92. The molecular formula is C19H26N4O2. The maximum absolute atomic E-state index is 12.7. The van der Waals surface area contributed by atoms with Crippen molar-refractivity contribution in [2.45, 2.75) is 33.6 Å². The molecule has 0 atom stereocenters. The molecule has 0 unspecified atom stereocenters. The highest BCUT2D eigenvalue weighted by Crippen LogP contribution is 2.25. The van der Waals surface area contributed by atoms with Gasteiger partial charge in [0.25, 0.3) is 5.91 Å². The van der Waals surface area contributed by atoms with Crippen LogP contribution in [0.1, 0.15) is 41.5 Å². The standard InChI is InChI=1S/C19H26N4O2/c1-6-7-10-23(4)19-20-14(3)12-16(22-19)18(24)21-15-11-13(2)8-9-17(15)25-5/h8-9,11-12H,6-7,10H2,1-5H3,(H,21,24). The summed E-state index contributed by atoms with van der Waals surface area (Å²) in [6.45, 7) is 6.82. The molecule has 25 heavy (non-hydrogen) atoms. The fraction of sp³-hybridized carbons (Fsp3) is 0.421. The summed E-state index contributed by atoms with van der Waals surface area (Å²) in [6.07, 6.45) is 2.15. The normalized spacial score (nSPS) is 10.4. The maximum Gasteiger partial charge on any atom is 0.274 e. The number of ether oxygens (including phenoxy) is 1. The lowest BCUT2D eigenvalue weighted by molar-refractivity contribution is 0.102. The van der Waals surface area contributed by atoms with Crippen molar-refractivity contribution in [1.29, 1.82) is 0 Å². The van der Waals surface area contributed by atoms with E-state index in [9.17, 15) is 4.79 Å². The highest BCUT2D eigenvalue weighted by atomic mass is 16.5. The molecule has 0 bridgehead atoms. The molecule has 1 heterocycles. The SMILES string of the molecule is CCCCN(C)c1nc(C)cc(C(=O)Nc2cc(C)ccc2OC)n1. The summed E-state index contributed by atoms with van der Waals surface area (Å²) >= 11 is 0. The fourth-order valence-corrected chi connectivity index (χ4v) is 2.44. The van der Waals surface area contributed by atoms with E-state index in [1.807, 2.05) is 44.0 Å². The number of nitrogens with one attached hydrogen (secondary N) is 1. The largest absolute Gasteiger partial charge is 0.495 e. The minimum atomic E-state index is -0.278. The van der Waals surface area contributed by atoms with Crippen LogP contribution in [-0.2, 0) is 0 Å². The number of unbranched alkanes of at least 4 members (excludes halogenated alkanes) is 1.